The molecule has 1 aliphatic rings. The van der Waals surface area contributed by atoms with Crippen LogP contribution in [0.2, 0.25) is 0 Å². The molecule has 0 saturated carbocycles. The van der Waals surface area contributed by atoms with E-state index in [1.54, 1.807) is 7.11 Å². The maximum Gasteiger partial charge on any atom is 0.264 e. The van der Waals surface area contributed by atoms with E-state index in [2.05, 4.69) is 10.5 Å². The molecule has 2 aromatic carbocycles. The summed E-state index contributed by atoms with van der Waals surface area (Å²) in [4.78, 5) is 17.7. The Kier molecular flexibility index (Phi) is 4.79. The molecule has 2 atom stereocenters. The van der Waals surface area contributed by atoms with Gasteiger partial charge in [0.05, 0.1) is 18.9 Å². The van der Waals surface area contributed by atoms with E-state index in [9.17, 15) is 4.79 Å². The average Bonchev–Trinajstić information content (AvgIpc) is 3.13. The summed E-state index contributed by atoms with van der Waals surface area (Å²) in [7, 11) is 1.62. The van der Waals surface area contributed by atoms with Gasteiger partial charge in [0, 0.05) is 6.42 Å². The molecule has 24 heavy (non-hydrogen) atoms. The third-order valence-corrected chi connectivity index (χ3v) is 4.04. The van der Waals surface area contributed by atoms with Crippen molar-refractivity contribution in [3.63, 3.8) is 0 Å². The number of carbonyl (C=O) groups is 1. The van der Waals surface area contributed by atoms with Crippen LogP contribution in [0.3, 0.4) is 0 Å². The highest BCUT2D eigenvalue weighted by molar-refractivity contribution is 6.04. The van der Waals surface area contributed by atoms with Crippen LogP contribution in [0.5, 0.6) is 5.75 Å². The van der Waals surface area contributed by atoms with Crippen molar-refractivity contribution < 1.29 is 14.4 Å². The van der Waals surface area contributed by atoms with E-state index in [4.69, 9.17) is 9.57 Å². The van der Waals surface area contributed by atoms with Crippen molar-refractivity contribution in [3.8, 4) is 5.75 Å². The SMILES string of the molecule is COc1ccc(C2=NOC(C(=O)NC(C)c3ccccc3)C2)cc1. The van der Waals surface area contributed by atoms with E-state index in [0.29, 0.717) is 6.42 Å². The molecule has 2 aromatic rings. The van der Waals surface area contributed by atoms with E-state index in [1.807, 2.05) is 61.5 Å². The standard InChI is InChI=1S/C19H20N2O3/c1-13(14-6-4-3-5-7-14)20-19(22)18-12-17(21-24-18)15-8-10-16(23-2)11-9-15/h3-11,13,18H,12H2,1-2H3,(H,20,22). The molecular weight excluding hydrogens is 304 g/mol. The van der Waals surface area contributed by atoms with Gasteiger partial charge in [-0.05, 0) is 42.3 Å². The van der Waals surface area contributed by atoms with E-state index in [1.165, 1.54) is 0 Å². The number of methoxy groups -OCH3 is 1. The smallest absolute Gasteiger partial charge is 0.264 e. The van der Waals surface area contributed by atoms with Gasteiger partial charge in [0.1, 0.15) is 5.75 Å². The Hall–Kier alpha value is -2.82. The number of hydrogen-bond donors (Lipinski definition) is 1. The monoisotopic (exact) mass is 324 g/mol. The van der Waals surface area contributed by atoms with E-state index in [0.717, 1.165) is 22.6 Å². The molecule has 0 radical (unpaired) electrons. The molecule has 0 spiro atoms. The fourth-order valence-corrected chi connectivity index (χ4v) is 2.60. The van der Waals surface area contributed by atoms with Gasteiger partial charge in [0.15, 0.2) is 0 Å². The second kappa shape index (κ2) is 7.17. The highest BCUT2D eigenvalue weighted by atomic mass is 16.6. The summed E-state index contributed by atoms with van der Waals surface area (Å²) in [6, 6.07) is 17.3. The maximum atomic E-state index is 12.4. The van der Waals surface area contributed by atoms with Gasteiger partial charge in [0.2, 0.25) is 6.10 Å². The summed E-state index contributed by atoms with van der Waals surface area (Å²) in [5.74, 6) is 0.628. The van der Waals surface area contributed by atoms with Crippen LogP contribution in [0.1, 0.15) is 30.5 Å². The lowest BCUT2D eigenvalue weighted by Crippen LogP contribution is -2.36. The molecular formula is C19H20N2O3. The number of carbonyl (C=O) groups excluding carboxylic acids is 1. The first-order valence-electron chi connectivity index (χ1n) is 7.90. The topological polar surface area (TPSA) is 59.9 Å². The predicted octanol–water partition coefficient (Wildman–Crippen LogP) is 3.07. The highest BCUT2D eigenvalue weighted by Crippen LogP contribution is 2.20. The molecule has 0 saturated heterocycles. The number of benzene rings is 2. The van der Waals surface area contributed by atoms with Crippen LogP contribution in [0.15, 0.2) is 59.8 Å². The van der Waals surface area contributed by atoms with Crippen LogP contribution >= 0.6 is 0 Å². The molecule has 1 amide bonds. The van der Waals surface area contributed by atoms with Crippen LogP contribution in [0, 0.1) is 0 Å². The van der Waals surface area contributed by atoms with Crippen molar-refractivity contribution in [3.05, 3.63) is 65.7 Å². The number of amides is 1. The van der Waals surface area contributed by atoms with Gasteiger partial charge in [-0.25, -0.2) is 0 Å². The molecule has 0 fully saturated rings. The second-order valence-corrected chi connectivity index (χ2v) is 5.71. The normalized spacial score (nSPS) is 17.6. The average molecular weight is 324 g/mol. The maximum absolute atomic E-state index is 12.4. The van der Waals surface area contributed by atoms with Gasteiger partial charge >= 0.3 is 0 Å². The minimum absolute atomic E-state index is 0.0765. The number of oxime groups is 1. The molecule has 0 bridgehead atoms. The number of rotatable bonds is 5. The Bertz CT molecular complexity index is 726. The van der Waals surface area contributed by atoms with Gasteiger partial charge in [-0.15, -0.1) is 0 Å². The molecule has 2 unspecified atom stereocenters. The largest absolute Gasteiger partial charge is 0.497 e. The van der Waals surface area contributed by atoms with Crippen molar-refractivity contribution in [2.24, 2.45) is 5.16 Å². The van der Waals surface area contributed by atoms with E-state index < -0.39 is 6.10 Å². The summed E-state index contributed by atoms with van der Waals surface area (Å²) in [6.07, 6.45) is -0.132. The zero-order valence-corrected chi connectivity index (χ0v) is 13.7. The second-order valence-electron chi connectivity index (χ2n) is 5.71. The zero-order valence-electron chi connectivity index (χ0n) is 13.7. The predicted molar refractivity (Wildman–Crippen MR) is 92.0 cm³/mol. The molecule has 1 heterocycles. The third kappa shape index (κ3) is 3.56. The quantitative estimate of drug-likeness (QED) is 0.919. The van der Waals surface area contributed by atoms with Gasteiger partial charge < -0.3 is 14.9 Å². The van der Waals surface area contributed by atoms with Crippen molar-refractivity contribution in [2.45, 2.75) is 25.5 Å². The molecule has 1 N–H and O–H groups in total. The van der Waals surface area contributed by atoms with Gasteiger partial charge in [-0.3, -0.25) is 4.79 Å². The fraction of sp³-hybridized carbons (Fsp3) is 0.263. The molecule has 0 aromatic heterocycles. The minimum atomic E-state index is -0.590. The van der Waals surface area contributed by atoms with Crippen LogP contribution in [-0.2, 0) is 9.63 Å². The summed E-state index contributed by atoms with van der Waals surface area (Å²) in [5.41, 5.74) is 2.76. The molecule has 5 nitrogen and oxygen atoms in total. The van der Waals surface area contributed by atoms with E-state index >= 15 is 0 Å². The Morgan fingerprint density at radius 3 is 2.58 bits per heavy atom. The van der Waals surface area contributed by atoms with Gasteiger partial charge in [0.25, 0.3) is 5.91 Å². The van der Waals surface area contributed by atoms with Crippen LogP contribution in [0.4, 0.5) is 0 Å². The van der Waals surface area contributed by atoms with E-state index in [-0.39, 0.29) is 11.9 Å². The molecule has 0 aliphatic carbocycles. The number of ether oxygens (including phenoxy) is 1. The summed E-state index contributed by atoms with van der Waals surface area (Å²) in [5, 5.41) is 7.03. The summed E-state index contributed by atoms with van der Waals surface area (Å²) in [6.45, 7) is 1.95. The van der Waals surface area contributed by atoms with Crippen LogP contribution in [0.25, 0.3) is 0 Å². The first-order chi connectivity index (χ1) is 11.7. The van der Waals surface area contributed by atoms with Crippen molar-refractivity contribution >= 4 is 11.6 Å². The third-order valence-electron chi connectivity index (χ3n) is 4.04. The Morgan fingerprint density at radius 2 is 1.92 bits per heavy atom. The molecule has 3 rings (SSSR count). The number of hydrogen-bond acceptors (Lipinski definition) is 4. The number of nitrogens with one attached hydrogen (secondary N) is 1. The van der Waals surface area contributed by atoms with Crippen molar-refractivity contribution in [1.82, 2.24) is 5.32 Å². The highest BCUT2D eigenvalue weighted by Gasteiger charge is 2.29. The summed E-state index contributed by atoms with van der Waals surface area (Å²) < 4.78 is 5.14. The first kappa shape index (κ1) is 16.1. The Labute approximate surface area is 141 Å². The zero-order chi connectivity index (χ0) is 16.9. The van der Waals surface area contributed by atoms with Gasteiger partial charge in [-0.2, -0.15) is 0 Å². The molecule has 124 valence electrons. The first-order valence-corrected chi connectivity index (χ1v) is 7.90. The molecule has 1 aliphatic heterocycles. The Balaban J connectivity index is 1.58. The lowest BCUT2D eigenvalue weighted by Gasteiger charge is -2.16. The van der Waals surface area contributed by atoms with Crippen LogP contribution < -0.4 is 10.1 Å². The van der Waals surface area contributed by atoms with Gasteiger partial charge in [-0.1, -0.05) is 35.5 Å². The number of nitrogens with zero attached hydrogens (tertiary/aromatic N) is 1. The van der Waals surface area contributed by atoms with Crippen LogP contribution in [-0.4, -0.2) is 24.8 Å². The summed E-state index contributed by atoms with van der Waals surface area (Å²) >= 11 is 0. The lowest BCUT2D eigenvalue weighted by molar-refractivity contribution is -0.131. The fourth-order valence-electron chi connectivity index (χ4n) is 2.60. The van der Waals surface area contributed by atoms with Crippen molar-refractivity contribution in [2.75, 3.05) is 7.11 Å². The molecule has 5 heteroatoms. The Morgan fingerprint density at radius 1 is 1.21 bits per heavy atom. The van der Waals surface area contributed by atoms with Crippen molar-refractivity contribution in [1.29, 1.82) is 0 Å². The minimum Gasteiger partial charge on any atom is -0.497 e. The lowest BCUT2D eigenvalue weighted by atomic mass is 10.0.